The van der Waals surface area contributed by atoms with Crippen LogP contribution in [0.3, 0.4) is 0 Å². The fourth-order valence-corrected chi connectivity index (χ4v) is 2.53. The highest BCUT2D eigenvalue weighted by molar-refractivity contribution is 5.75. The molecule has 18 heavy (non-hydrogen) atoms. The predicted molar refractivity (Wildman–Crippen MR) is 68.8 cm³/mol. The molecule has 4 nitrogen and oxygen atoms in total. The molecule has 1 aliphatic rings. The lowest BCUT2D eigenvalue weighted by Gasteiger charge is -2.29. The number of nitrogens with one attached hydrogen (secondary N) is 1. The first-order valence-corrected chi connectivity index (χ1v) is 6.20. The first-order chi connectivity index (χ1) is 8.76. The van der Waals surface area contributed by atoms with Crippen LogP contribution in [0.5, 0.6) is 5.75 Å². The minimum atomic E-state index is -0.210. The average molecular weight is 249 g/mol. The van der Waals surface area contributed by atoms with Crippen molar-refractivity contribution in [2.75, 3.05) is 20.8 Å². The number of para-hydroxylation sites is 1. The van der Waals surface area contributed by atoms with E-state index in [1.165, 1.54) is 12.7 Å². The molecule has 4 heteroatoms. The van der Waals surface area contributed by atoms with Crippen LogP contribution < -0.4 is 10.1 Å². The number of rotatable bonds is 3. The van der Waals surface area contributed by atoms with Crippen molar-refractivity contribution in [2.45, 2.75) is 24.8 Å². The maximum atomic E-state index is 11.6. The number of carbonyl (C=O) groups excluding carboxylic acids is 1. The van der Waals surface area contributed by atoms with Gasteiger partial charge in [0, 0.05) is 0 Å². The van der Waals surface area contributed by atoms with Crippen molar-refractivity contribution >= 4 is 5.97 Å². The molecule has 0 aliphatic carbocycles. The zero-order chi connectivity index (χ0) is 13.0. The van der Waals surface area contributed by atoms with Crippen LogP contribution in [-0.4, -0.2) is 32.8 Å². The molecule has 0 unspecified atom stereocenters. The van der Waals surface area contributed by atoms with E-state index in [4.69, 9.17) is 9.47 Å². The van der Waals surface area contributed by atoms with E-state index in [0.29, 0.717) is 5.92 Å². The van der Waals surface area contributed by atoms with Crippen LogP contribution in [0, 0.1) is 0 Å². The summed E-state index contributed by atoms with van der Waals surface area (Å²) in [6, 6.07) is 7.79. The second-order valence-corrected chi connectivity index (χ2v) is 4.49. The van der Waals surface area contributed by atoms with Gasteiger partial charge in [0.1, 0.15) is 11.8 Å². The zero-order valence-electron chi connectivity index (χ0n) is 10.8. The fourth-order valence-electron chi connectivity index (χ4n) is 2.53. The Labute approximate surface area is 107 Å². The summed E-state index contributed by atoms with van der Waals surface area (Å²) in [6.45, 7) is 0.822. The van der Waals surface area contributed by atoms with Crippen LogP contribution in [0.2, 0.25) is 0 Å². The van der Waals surface area contributed by atoms with Gasteiger partial charge in [0.15, 0.2) is 0 Å². The minimum Gasteiger partial charge on any atom is -0.496 e. The molecule has 98 valence electrons. The number of esters is 1. The first-order valence-electron chi connectivity index (χ1n) is 6.20. The molecule has 0 aromatic heterocycles. The van der Waals surface area contributed by atoms with E-state index in [9.17, 15) is 4.79 Å². The molecule has 1 heterocycles. The van der Waals surface area contributed by atoms with Crippen molar-refractivity contribution in [1.82, 2.24) is 5.32 Å². The van der Waals surface area contributed by atoms with Gasteiger partial charge in [-0.1, -0.05) is 18.2 Å². The van der Waals surface area contributed by atoms with Crippen LogP contribution in [0.1, 0.15) is 24.3 Å². The normalized spacial score (nSPS) is 23.4. The smallest absolute Gasteiger partial charge is 0.322 e. The molecule has 0 amide bonds. The molecule has 0 spiro atoms. The number of piperidine rings is 1. The number of benzene rings is 1. The third-order valence-corrected chi connectivity index (χ3v) is 3.47. The van der Waals surface area contributed by atoms with Gasteiger partial charge in [0.2, 0.25) is 0 Å². The Kier molecular flexibility index (Phi) is 4.20. The average Bonchev–Trinajstić information content (AvgIpc) is 2.46. The van der Waals surface area contributed by atoms with Gasteiger partial charge in [0.05, 0.1) is 14.2 Å². The number of hydrogen-bond acceptors (Lipinski definition) is 4. The Morgan fingerprint density at radius 1 is 1.33 bits per heavy atom. The summed E-state index contributed by atoms with van der Waals surface area (Å²) in [5.74, 6) is 1.05. The molecule has 1 aromatic carbocycles. The SMILES string of the molecule is COC(=O)[C@H]1C[C@@H](c2ccccc2OC)CCN1. The van der Waals surface area contributed by atoms with Crippen LogP contribution in [0.15, 0.2) is 24.3 Å². The third kappa shape index (κ3) is 2.64. The van der Waals surface area contributed by atoms with Crippen LogP contribution in [0.4, 0.5) is 0 Å². The molecular weight excluding hydrogens is 230 g/mol. The van der Waals surface area contributed by atoms with E-state index < -0.39 is 0 Å². The van der Waals surface area contributed by atoms with E-state index in [-0.39, 0.29) is 12.0 Å². The predicted octanol–water partition coefficient (Wildman–Crippen LogP) is 1.70. The quantitative estimate of drug-likeness (QED) is 0.828. The fraction of sp³-hybridized carbons (Fsp3) is 0.500. The van der Waals surface area contributed by atoms with Crippen LogP contribution >= 0.6 is 0 Å². The molecule has 2 atom stereocenters. The highest BCUT2D eigenvalue weighted by Gasteiger charge is 2.29. The van der Waals surface area contributed by atoms with E-state index in [1.807, 2.05) is 18.2 Å². The number of methoxy groups -OCH3 is 2. The summed E-state index contributed by atoms with van der Waals surface area (Å²) in [7, 11) is 3.11. The number of carbonyl (C=O) groups is 1. The Morgan fingerprint density at radius 3 is 2.83 bits per heavy atom. The molecule has 1 fully saturated rings. The van der Waals surface area contributed by atoms with Crippen molar-refractivity contribution in [3.8, 4) is 5.75 Å². The molecule has 0 radical (unpaired) electrons. The zero-order valence-corrected chi connectivity index (χ0v) is 10.8. The van der Waals surface area contributed by atoms with E-state index in [0.717, 1.165) is 25.1 Å². The van der Waals surface area contributed by atoms with Crippen LogP contribution in [0.25, 0.3) is 0 Å². The molecule has 1 saturated heterocycles. The highest BCUT2D eigenvalue weighted by Crippen LogP contribution is 2.33. The summed E-state index contributed by atoms with van der Waals surface area (Å²) in [5.41, 5.74) is 1.18. The summed E-state index contributed by atoms with van der Waals surface area (Å²) < 4.78 is 10.2. The molecule has 1 aromatic rings. The lowest BCUT2D eigenvalue weighted by Crippen LogP contribution is -2.43. The summed E-state index contributed by atoms with van der Waals surface area (Å²) in [5, 5.41) is 3.19. The van der Waals surface area contributed by atoms with E-state index in [2.05, 4.69) is 11.4 Å². The summed E-state index contributed by atoms with van der Waals surface area (Å²) in [4.78, 5) is 11.6. The van der Waals surface area contributed by atoms with E-state index >= 15 is 0 Å². The lowest BCUT2D eigenvalue weighted by atomic mass is 9.86. The van der Waals surface area contributed by atoms with Gasteiger partial charge < -0.3 is 14.8 Å². The highest BCUT2D eigenvalue weighted by atomic mass is 16.5. The van der Waals surface area contributed by atoms with Crippen molar-refractivity contribution in [1.29, 1.82) is 0 Å². The van der Waals surface area contributed by atoms with Gasteiger partial charge in [-0.2, -0.15) is 0 Å². The van der Waals surface area contributed by atoms with Crippen molar-refractivity contribution < 1.29 is 14.3 Å². The maximum absolute atomic E-state index is 11.6. The van der Waals surface area contributed by atoms with Gasteiger partial charge >= 0.3 is 5.97 Å². The maximum Gasteiger partial charge on any atom is 0.322 e. The minimum absolute atomic E-state index is 0.186. The standard InChI is InChI=1S/C14H19NO3/c1-17-13-6-4-3-5-11(13)10-7-8-15-12(9-10)14(16)18-2/h3-6,10,12,15H,7-9H2,1-2H3/t10-,12+/m0/s1. The topological polar surface area (TPSA) is 47.6 Å². The molecule has 0 bridgehead atoms. The Balaban J connectivity index is 2.15. The van der Waals surface area contributed by atoms with Crippen molar-refractivity contribution in [3.05, 3.63) is 29.8 Å². The Morgan fingerprint density at radius 2 is 2.11 bits per heavy atom. The number of hydrogen-bond donors (Lipinski definition) is 1. The van der Waals surface area contributed by atoms with E-state index in [1.54, 1.807) is 7.11 Å². The van der Waals surface area contributed by atoms with Gasteiger partial charge in [-0.3, -0.25) is 4.79 Å². The second-order valence-electron chi connectivity index (χ2n) is 4.49. The molecule has 1 N–H and O–H groups in total. The molecular formula is C14H19NO3. The van der Waals surface area contributed by atoms with Crippen LogP contribution in [-0.2, 0) is 9.53 Å². The third-order valence-electron chi connectivity index (χ3n) is 3.47. The van der Waals surface area contributed by atoms with Gasteiger partial charge in [-0.05, 0) is 36.9 Å². The van der Waals surface area contributed by atoms with Crippen molar-refractivity contribution in [2.24, 2.45) is 0 Å². The monoisotopic (exact) mass is 249 g/mol. The summed E-state index contributed by atoms with van der Waals surface area (Å²) >= 11 is 0. The molecule has 2 rings (SSSR count). The first kappa shape index (κ1) is 12.9. The van der Waals surface area contributed by atoms with Gasteiger partial charge in [-0.25, -0.2) is 0 Å². The number of ether oxygens (including phenoxy) is 2. The lowest BCUT2D eigenvalue weighted by molar-refractivity contribution is -0.143. The second kappa shape index (κ2) is 5.87. The largest absolute Gasteiger partial charge is 0.496 e. The Hall–Kier alpha value is -1.55. The van der Waals surface area contributed by atoms with Crippen molar-refractivity contribution in [3.63, 3.8) is 0 Å². The van der Waals surface area contributed by atoms with Gasteiger partial charge in [0.25, 0.3) is 0 Å². The van der Waals surface area contributed by atoms with Gasteiger partial charge in [-0.15, -0.1) is 0 Å². The Bertz CT molecular complexity index is 419. The molecule has 0 saturated carbocycles. The summed E-state index contributed by atoms with van der Waals surface area (Å²) in [6.07, 6.45) is 1.76. The molecule has 1 aliphatic heterocycles.